The number of likely N-dealkylation sites (tertiary alicyclic amines) is 1. The number of anilines is 1. The van der Waals surface area contributed by atoms with E-state index >= 15 is 0 Å². The van der Waals surface area contributed by atoms with Crippen LogP contribution in [0.5, 0.6) is 0 Å². The molecule has 0 radical (unpaired) electrons. The predicted octanol–water partition coefficient (Wildman–Crippen LogP) is 4.01. The third kappa shape index (κ3) is 4.19. The van der Waals surface area contributed by atoms with E-state index in [1.165, 1.54) is 6.07 Å². The maximum Gasteiger partial charge on any atom is 0.416 e. The summed E-state index contributed by atoms with van der Waals surface area (Å²) in [5.74, 6) is 0.586. The normalized spacial score (nSPS) is 28.2. The lowest BCUT2D eigenvalue weighted by atomic mass is 9.93. The summed E-state index contributed by atoms with van der Waals surface area (Å²) in [6.45, 7) is 4.21. The van der Waals surface area contributed by atoms with E-state index in [-0.39, 0.29) is 17.7 Å². The molecule has 5 nitrogen and oxygen atoms in total. The Balaban J connectivity index is 1.31. The minimum atomic E-state index is -4.41. The predicted molar refractivity (Wildman–Crippen MR) is 105 cm³/mol. The summed E-state index contributed by atoms with van der Waals surface area (Å²) in [7, 11) is 0. The van der Waals surface area contributed by atoms with Gasteiger partial charge in [-0.2, -0.15) is 13.2 Å². The average Bonchev–Trinajstić information content (AvgIpc) is 3.21. The first kappa shape index (κ1) is 21.2. The van der Waals surface area contributed by atoms with Crippen LogP contribution in [0.3, 0.4) is 0 Å². The smallest absolute Gasteiger partial charge is 0.381 e. The zero-order valence-electron chi connectivity index (χ0n) is 17.1. The van der Waals surface area contributed by atoms with Gasteiger partial charge in [0.2, 0.25) is 11.8 Å². The lowest BCUT2D eigenvalue weighted by molar-refractivity contribution is -0.137. The number of ether oxygens (including phenoxy) is 1. The van der Waals surface area contributed by atoms with Gasteiger partial charge >= 0.3 is 6.18 Å². The molecule has 1 aliphatic carbocycles. The van der Waals surface area contributed by atoms with E-state index < -0.39 is 17.2 Å². The van der Waals surface area contributed by atoms with Crippen molar-refractivity contribution in [3.05, 3.63) is 29.3 Å². The van der Waals surface area contributed by atoms with Crippen LogP contribution in [0.25, 0.3) is 0 Å². The number of rotatable bonds is 5. The first-order valence-corrected chi connectivity index (χ1v) is 10.5. The molecule has 3 atom stereocenters. The highest BCUT2D eigenvalue weighted by molar-refractivity contribution is 5.98. The van der Waals surface area contributed by atoms with Gasteiger partial charge in [0.15, 0.2) is 0 Å². The van der Waals surface area contributed by atoms with E-state index in [1.807, 2.05) is 4.90 Å². The number of nitrogens with zero attached hydrogens (tertiary/aromatic N) is 1. The molecule has 30 heavy (non-hydrogen) atoms. The third-order valence-electron chi connectivity index (χ3n) is 6.90. The Bertz CT molecular complexity index is 835. The SMILES string of the molecule is Cc1cc(C(F)(F)F)ccc1NC(=O)[C@]12CCN(C(=O)CC[C@@H]3CCOC3)C[C@@H]1C2. The summed E-state index contributed by atoms with van der Waals surface area (Å²) < 4.78 is 43.9. The summed E-state index contributed by atoms with van der Waals surface area (Å²) in [5.41, 5.74) is -0.428. The van der Waals surface area contributed by atoms with Crippen molar-refractivity contribution in [1.82, 2.24) is 4.90 Å². The molecule has 2 amide bonds. The second-order valence-electron chi connectivity index (χ2n) is 8.90. The van der Waals surface area contributed by atoms with Crippen molar-refractivity contribution in [3.8, 4) is 0 Å². The van der Waals surface area contributed by atoms with Crippen LogP contribution in [0.2, 0.25) is 0 Å². The van der Waals surface area contributed by atoms with Crippen molar-refractivity contribution < 1.29 is 27.5 Å². The fraction of sp³-hybridized carbons (Fsp3) is 0.636. The summed E-state index contributed by atoms with van der Waals surface area (Å²) >= 11 is 0. The highest BCUT2D eigenvalue weighted by Gasteiger charge is 2.62. The average molecular weight is 424 g/mol. The Kier molecular flexibility index (Phi) is 5.55. The van der Waals surface area contributed by atoms with E-state index in [2.05, 4.69) is 5.32 Å². The van der Waals surface area contributed by atoms with Gasteiger partial charge in [-0.05, 0) is 68.2 Å². The van der Waals surface area contributed by atoms with Crippen molar-refractivity contribution in [2.24, 2.45) is 17.3 Å². The molecule has 2 heterocycles. The van der Waals surface area contributed by atoms with Gasteiger partial charge in [0.1, 0.15) is 0 Å². The lowest BCUT2D eigenvalue weighted by Crippen LogP contribution is -2.42. The van der Waals surface area contributed by atoms with Crippen LogP contribution in [-0.4, -0.2) is 43.0 Å². The van der Waals surface area contributed by atoms with Gasteiger partial charge in [-0.1, -0.05) is 0 Å². The number of benzene rings is 1. The van der Waals surface area contributed by atoms with Crippen LogP contribution < -0.4 is 5.32 Å². The molecule has 0 spiro atoms. The number of alkyl halides is 3. The summed E-state index contributed by atoms with van der Waals surface area (Å²) in [6, 6.07) is 3.35. The largest absolute Gasteiger partial charge is 0.416 e. The molecule has 3 aliphatic rings. The Labute approximate surface area is 173 Å². The Morgan fingerprint density at radius 1 is 1.33 bits per heavy atom. The number of carbonyl (C=O) groups excluding carboxylic acids is 2. The van der Waals surface area contributed by atoms with Crippen molar-refractivity contribution in [1.29, 1.82) is 0 Å². The van der Waals surface area contributed by atoms with Crippen LogP contribution in [-0.2, 0) is 20.5 Å². The quantitative estimate of drug-likeness (QED) is 0.777. The molecule has 0 aromatic heterocycles. The summed E-state index contributed by atoms with van der Waals surface area (Å²) in [5, 5.41) is 2.82. The minimum absolute atomic E-state index is 0.125. The molecule has 2 saturated heterocycles. The minimum Gasteiger partial charge on any atom is -0.381 e. The van der Waals surface area contributed by atoms with Crippen molar-refractivity contribution in [2.45, 2.75) is 45.2 Å². The zero-order valence-corrected chi connectivity index (χ0v) is 17.1. The molecule has 164 valence electrons. The fourth-order valence-electron chi connectivity index (χ4n) is 4.76. The van der Waals surface area contributed by atoms with Gasteiger partial charge in [0.05, 0.1) is 11.0 Å². The number of aryl methyl sites for hydroxylation is 1. The standard InChI is InChI=1S/C22H27F3N2O3/c1-14-10-16(22(23,24)25)3-4-18(14)26-20(29)21-7-8-27(12-17(21)11-21)19(28)5-2-15-6-9-30-13-15/h3-4,10,15,17H,2,5-9,11-13H2,1H3,(H,26,29)/t15-,17+,21+/m1/s1. The highest BCUT2D eigenvalue weighted by Crippen LogP contribution is 2.58. The van der Waals surface area contributed by atoms with Crippen molar-refractivity contribution in [2.75, 3.05) is 31.6 Å². The monoisotopic (exact) mass is 424 g/mol. The second kappa shape index (κ2) is 7.87. The molecular formula is C22H27F3N2O3. The number of hydrogen-bond acceptors (Lipinski definition) is 3. The van der Waals surface area contributed by atoms with Gasteiger partial charge in [0, 0.05) is 38.4 Å². The first-order valence-electron chi connectivity index (χ1n) is 10.5. The molecule has 1 aromatic carbocycles. The van der Waals surface area contributed by atoms with Gasteiger partial charge < -0.3 is 15.0 Å². The van der Waals surface area contributed by atoms with Crippen LogP contribution in [0.4, 0.5) is 18.9 Å². The molecular weight excluding hydrogens is 397 g/mol. The highest BCUT2D eigenvalue weighted by atomic mass is 19.4. The zero-order chi connectivity index (χ0) is 21.5. The lowest BCUT2D eigenvalue weighted by Gasteiger charge is -2.31. The van der Waals surface area contributed by atoms with E-state index in [4.69, 9.17) is 4.74 Å². The Morgan fingerprint density at radius 3 is 2.77 bits per heavy atom. The molecule has 3 fully saturated rings. The van der Waals surface area contributed by atoms with Gasteiger partial charge in [-0.3, -0.25) is 9.59 Å². The van der Waals surface area contributed by atoms with E-state index in [0.717, 1.165) is 44.6 Å². The fourth-order valence-corrected chi connectivity index (χ4v) is 4.76. The van der Waals surface area contributed by atoms with Crippen LogP contribution >= 0.6 is 0 Å². The maximum absolute atomic E-state index is 12.9. The first-order chi connectivity index (χ1) is 14.2. The van der Waals surface area contributed by atoms with Crippen LogP contribution in [0.1, 0.15) is 43.2 Å². The van der Waals surface area contributed by atoms with Gasteiger partial charge in [0.25, 0.3) is 0 Å². The molecule has 1 N–H and O–H groups in total. The number of nitrogens with one attached hydrogen (secondary N) is 1. The van der Waals surface area contributed by atoms with Crippen molar-refractivity contribution in [3.63, 3.8) is 0 Å². The molecule has 1 saturated carbocycles. The third-order valence-corrected chi connectivity index (χ3v) is 6.90. The van der Waals surface area contributed by atoms with Crippen molar-refractivity contribution >= 4 is 17.5 Å². The molecule has 8 heteroatoms. The van der Waals surface area contributed by atoms with E-state index in [0.29, 0.717) is 43.1 Å². The molecule has 0 bridgehead atoms. The summed E-state index contributed by atoms with van der Waals surface area (Å²) in [4.78, 5) is 27.3. The number of piperidine rings is 1. The summed E-state index contributed by atoms with van der Waals surface area (Å²) in [6.07, 6.45) is -0.704. The van der Waals surface area contributed by atoms with E-state index in [1.54, 1.807) is 6.92 Å². The number of carbonyl (C=O) groups is 2. The van der Waals surface area contributed by atoms with Crippen LogP contribution in [0.15, 0.2) is 18.2 Å². The number of amides is 2. The topological polar surface area (TPSA) is 58.6 Å². The van der Waals surface area contributed by atoms with Crippen LogP contribution in [0, 0.1) is 24.2 Å². The molecule has 2 aliphatic heterocycles. The molecule has 1 aromatic rings. The number of fused-ring (bicyclic) bond motifs is 1. The second-order valence-corrected chi connectivity index (χ2v) is 8.90. The molecule has 4 rings (SSSR count). The van der Waals surface area contributed by atoms with Gasteiger partial charge in [-0.25, -0.2) is 0 Å². The number of halogens is 3. The Morgan fingerprint density at radius 2 is 2.13 bits per heavy atom. The maximum atomic E-state index is 12.9. The Hall–Kier alpha value is -2.09. The number of hydrogen-bond donors (Lipinski definition) is 1. The molecule has 0 unspecified atom stereocenters. The van der Waals surface area contributed by atoms with E-state index in [9.17, 15) is 22.8 Å². The van der Waals surface area contributed by atoms with Gasteiger partial charge in [-0.15, -0.1) is 0 Å².